The SMILES string of the molecule is CCN(C(=O)CN1CCC(c2nc(C)no2)CC1)c1ccccc1. The van der Waals surface area contributed by atoms with Gasteiger partial charge in [-0.05, 0) is 51.9 Å². The third kappa shape index (κ3) is 3.82. The summed E-state index contributed by atoms with van der Waals surface area (Å²) in [7, 11) is 0. The molecule has 0 bridgehead atoms. The summed E-state index contributed by atoms with van der Waals surface area (Å²) in [4.78, 5) is 21.0. The average molecular weight is 328 g/mol. The molecule has 1 aromatic carbocycles. The lowest BCUT2D eigenvalue weighted by molar-refractivity contribution is -0.120. The van der Waals surface area contributed by atoms with Gasteiger partial charge in [-0.15, -0.1) is 0 Å². The molecular formula is C18H24N4O2. The van der Waals surface area contributed by atoms with Crippen LogP contribution in [0.15, 0.2) is 34.9 Å². The Kier molecular flexibility index (Phi) is 5.25. The number of para-hydroxylation sites is 1. The summed E-state index contributed by atoms with van der Waals surface area (Å²) in [5.41, 5.74) is 0.959. The van der Waals surface area contributed by atoms with Gasteiger partial charge in [0, 0.05) is 18.2 Å². The van der Waals surface area contributed by atoms with Crippen molar-refractivity contribution >= 4 is 11.6 Å². The van der Waals surface area contributed by atoms with E-state index in [-0.39, 0.29) is 5.91 Å². The van der Waals surface area contributed by atoms with Gasteiger partial charge < -0.3 is 9.42 Å². The Hall–Kier alpha value is -2.21. The number of anilines is 1. The topological polar surface area (TPSA) is 62.5 Å². The molecule has 6 nitrogen and oxygen atoms in total. The molecule has 2 heterocycles. The van der Waals surface area contributed by atoms with Crippen LogP contribution >= 0.6 is 0 Å². The zero-order valence-corrected chi connectivity index (χ0v) is 14.3. The largest absolute Gasteiger partial charge is 0.339 e. The second-order valence-corrected chi connectivity index (χ2v) is 6.20. The third-order valence-corrected chi connectivity index (χ3v) is 4.52. The number of benzene rings is 1. The van der Waals surface area contributed by atoms with Crippen molar-refractivity contribution in [2.45, 2.75) is 32.6 Å². The Morgan fingerprint density at radius 2 is 2.00 bits per heavy atom. The third-order valence-electron chi connectivity index (χ3n) is 4.52. The molecule has 1 saturated heterocycles. The highest BCUT2D eigenvalue weighted by molar-refractivity contribution is 5.94. The van der Waals surface area contributed by atoms with Crippen LogP contribution in [0.3, 0.4) is 0 Å². The molecule has 0 aliphatic carbocycles. The van der Waals surface area contributed by atoms with Gasteiger partial charge in [-0.2, -0.15) is 4.98 Å². The van der Waals surface area contributed by atoms with Crippen LogP contribution in [0.1, 0.15) is 37.4 Å². The minimum absolute atomic E-state index is 0.149. The molecule has 1 fully saturated rings. The Balaban J connectivity index is 1.54. The van der Waals surface area contributed by atoms with Crippen molar-refractivity contribution in [1.82, 2.24) is 15.0 Å². The molecule has 6 heteroatoms. The maximum absolute atomic E-state index is 12.6. The van der Waals surface area contributed by atoms with Gasteiger partial charge in [-0.3, -0.25) is 9.69 Å². The van der Waals surface area contributed by atoms with E-state index in [0.29, 0.717) is 24.8 Å². The van der Waals surface area contributed by atoms with Gasteiger partial charge in [-0.1, -0.05) is 23.4 Å². The predicted octanol–water partition coefficient (Wildman–Crippen LogP) is 2.61. The summed E-state index contributed by atoms with van der Waals surface area (Å²) < 4.78 is 5.28. The first-order valence-corrected chi connectivity index (χ1v) is 8.55. The maximum Gasteiger partial charge on any atom is 0.241 e. The average Bonchev–Trinajstić information content (AvgIpc) is 3.04. The quantitative estimate of drug-likeness (QED) is 0.844. The second kappa shape index (κ2) is 7.57. The van der Waals surface area contributed by atoms with Gasteiger partial charge >= 0.3 is 0 Å². The number of piperidine rings is 1. The van der Waals surface area contributed by atoms with Gasteiger partial charge in [-0.25, -0.2) is 0 Å². The molecule has 0 spiro atoms. The number of likely N-dealkylation sites (tertiary alicyclic amines) is 1. The minimum Gasteiger partial charge on any atom is -0.339 e. The van der Waals surface area contributed by atoms with E-state index in [4.69, 9.17) is 4.52 Å². The van der Waals surface area contributed by atoms with Crippen LogP contribution in [-0.4, -0.2) is 47.1 Å². The lowest BCUT2D eigenvalue weighted by Crippen LogP contribution is -2.43. The van der Waals surface area contributed by atoms with E-state index in [1.54, 1.807) is 0 Å². The fraction of sp³-hybridized carbons (Fsp3) is 0.500. The Labute approximate surface area is 142 Å². The monoisotopic (exact) mass is 328 g/mol. The number of carbonyl (C=O) groups excluding carboxylic acids is 1. The lowest BCUT2D eigenvalue weighted by Gasteiger charge is -2.31. The summed E-state index contributed by atoms with van der Waals surface area (Å²) in [6, 6.07) is 9.84. The highest BCUT2D eigenvalue weighted by Gasteiger charge is 2.26. The lowest BCUT2D eigenvalue weighted by atomic mass is 9.97. The van der Waals surface area contributed by atoms with Gasteiger partial charge in [0.05, 0.1) is 6.54 Å². The van der Waals surface area contributed by atoms with E-state index in [0.717, 1.165) is 37.5 Å². The second-order valence-electron chi connectivity index (χ2n) is 6.20. The Morgan fingerprint density at radius 3 is 2.58 bits per heavy atom. The van der Waals surface area contributed by atoms with Crippen molar-refractivity contribution in [3.63, 3.8) is 0 Å². The highest BCUT2D eigenvalue weighted by Crippen LogP contribution is 2.26. The standard InChI is InChI=1S/C18H24N4O2/c1-3-22(16-7-5-4-6-8-16)17(23)13-21-11-9-15(10-12-21)18-19-14(2)20-24-18/h4-8,15H,3,9-13H2,1-2H3. The van der Waals surface area contributed by atoms with Crippen LogP contribution in [0.2, 0.25) is 0 Å². The van der Waals surface area contributed by atoms with E-state index in [1.165, 1.54) is 0 Å². The molecule has 1 aromatic heterocycles. The fourth-order valence-electron chi connectivity index (χ4n) is 3.20. The molecule has 1 amide bonds. The molecular weight excluding hydrogens is 304 g/mol. The van der Waals surface area contributed by atoms with Crippen molar-refractivity contribution in [3.05, 3.63) is 42.0 Å². The first kappa shape index (κ1) is 16.6. The first-order valence-electron chi connectivity index (χ1n) is 8.55. The molecule has 2 aromatic rings. The molecule has 0 saturated carbocycles. The zero-order valence-electron chi connectivity index (χ0n) is 14.3. The van der Waals surface area contributed by atoms with E-state index < -0.39 is 0 Å². The van der Waals surface area contributed by atoms with Crippen LogP contribution in [0, 0.1) is 6.92 Å². The number of likely N-dealkylation sites (N-methyl/N-ethyl adjacent to an activating group) is 1. The summed E-state index contributed by atoms with van der Waals surface area (Å²) in [6.45, 7) is 6.74. The number of carbonyl (C=O) groups is 1. The van der Waals surface area contributed by atoms with Crippen molar-refractivity contribution in [2.75, 3.05) is 31.1 Å². The molecule has 0 radical (unpaired) electrons. The number of hydrogen-bond donors (Lipinski definition) is 0. The molecule has 0 atom stereocenters. The van der Waals surface area contributed by atoms with Crippen molar-refractivity contribution in [3.8, 4) is 0 Å². The summed E-state index contributed by atoms with van der Waals surface area (Å²) in [5, 5.41) is 3.87. The number of amides is 1. The number of aromatic nitrogens is 2. The Morgan fingerprint density at radius 1 is 1.29 bits per heavy atom. The van der Waals surface area contributed by atoms with E-state index >= 15 is 0 Å². The van der Waals surface area contributed by atoms with E-state index in [2.05, 4.69) is 15.0 Å². The normalized spacial score (nSPS) is 16.2. The van der Waals surface area contributed by atoms with Crippen molar-refractivity contribution in [1.29, 1.82) is 0 Å². The van der Waals surface area contributed by atoms with Crippen molar-refractivity contribution in [2.24, 2.45) is 0 Å². The van der Waals surface area contributed by atoms with Crippen LogP contribution in [0.4, 0.5) is 5.69 Å². The van der Waals surface area contributed by atoms with Crippen LogP contribution in [0.5, 0.6) is 0 Å². The molecule has 24 heavy (non-hydrogen) atoms. The Bertz CT molecular complexity index is 663. The first-order chi connectivity index (χ1) is 11.7. The number of rotatable bonds is 5. The van der Waals surface area contributed by atoms with Crippen LogP contribution in [0.25, 0.3) is 0 Å². The summed E-state index contributed by atoms with van der Waals surface area (Å²) in [5.74, 6) is 1.88. The van der Waals surface area contributed by atoms with Gasteiger partial charge in [0.1, 0.15) is 0 Å². The zero-order chi connectivity index (χ0) is 16.9. The minimum atomic E-state index is 0.149. The van der Waals surface area contributed by atoms with Gasteiger partial charge in [0.2, 0.25) is 11.8 Å². The number of nitrogens with zero attached hydrogens (tertiary/aromatic N) is 4. The smallest absolute Gasteiger partial charge is 0.241 e. The number of aryl methyl sites for hydroxylation is 1. The van der Waals surface area contributed by atoms with Crippen LogP contribution in [-0.2, 0) is 4.79 Å². The molecule has 1 aliphatic rings. The van der Waals surface area contributed by atoms with E-state index in [1.807, 2.05) is 49.1 Å². The number of hydrogen-bond acceptors (Lipinski definition) is 5. The summed E-state index contributed by atoms with van der Waals surface area (Å²) >= 11 is 0. The molecule has 0 unspecified atom stereocenters. The predicted molar refractivity (Wildman–Crippen MR) is 91.9 cm³/mol. The van der Waals surface area contributed by atoms with E-state index in [9.17, 15) is 4.79 Å². The maximum atomic E-state index is 12.6. The molecule has 0 N–H and O–H groups in total. The van der Waals surface area contributed by atoms with Crippen LogP contribution < -0.4 is 4.90 Å². The van der Waals surface area contributed by atoms with Gasteiger partial charge in [0.15, 0.2) is 5.82 Å². The highest BCUT2D eigenvalue weighted by atomic mass is 16.5. The molecule has 3 rings (SSSR count). The fourth-order valence-corrected chi connectivity index (χ4v) is 3.20. The summed E-state index contributed by atoms with van der Waals surface area (Å²) in [6.07, 6.45) is 1.90. The van der Waals surface area contributed by atoms with Crippen molar-refractivity contribution < 1.29 is 9.32 Å². The van der Waals surface area contributed by atoms with Gasteiger partial charge in [0.25, 0.3) is 0 Å². The molecule has 128 valence electrons. The molecule has 1 aliphatic heterocycles.